The molecule has 1 aromatic heterocycles. The highest BCUT2D eigenvalue weighted by Gasteiger charge is 2.10. The van der Waals surface area contributed by atoms with Crippen molar-refractivity contribution < 1.29 is 4.42 Å². The summed E-state index contributed by atoms with van der Waals surface area (Å²) in [6, 6.07) is 23.9. The molecule has 0 radical (unpaired) electrons. The van der Waals surface area contributed by atoms with Gasteiger partial charge in [0.25, 0.3) is 0 Å². The maximum Gasteiger partial charge on any atom is 0.179 e. The van der Waals surface area contributed by atoms with Crippen molar-refractivity contribution in [2.45, 2.75) is 9.99 Å². The Bertz CT molecular complexity index is 1080. The summed E-state index contributed by atoms with van der Waals surface area (Å²) in [4.78, 5) is 5.67. The van der Waals surface area contributed by atoms with E-state index in [9.17, 15) is 0 Å². The van der Waals surface area contributed by atoms with Crippen molar-refractivity contribution in [2.24, 2.45) is 4.99 Å². The highest BCUT2D eigenvalue weighted by molar-refractivity contribution is 9.10. The molecular weight excluding hydrogens is 430 g/mol. The van der Waals surface area contributed by atoms with Crippen LogP contribution in [0.3, 0.4) is 0 Å². The van der Waals surface area contributed by atoms with Gasteiger partial charge in [0.1, 0.15) is 5.76 Å². The summed E-state index contributed by atoms with van der Waals surface area (Å²) >= 11 is 11.0. The Balaban J connectivity index is 1.59. The first-order valence-corrected chi connectivity index (χ1v) is 9.92. The minimum absolute atomic E-state index is 0.696. The molecule has 1 heterocycles. The van der Waals surface area contributed by atoms with Gasteiger partial charge in [-0.15, -0.1) is 0 Å². The monoisotopic (exact) mass is 441 g/mol. The predicted molar refractivity (Wildman–Crippen MR) is 113 cm³/mol. The van der Waals surface area contributed by atoms with Gasteiger partial charge in [0.2, 0.25) is 0 Å². The van der Waals surface area contributed by atoms with Crippen LogP contribution in [0.5, 0.6) is 0 Å². The number of aliphatic imine (C=N–C) groups is 1. The van der Waals surface area contributed by atoms with E-state index in [0.717, 1.165) is 30.6 Å². The fraction of sp³-hybridized carbons (Fsp3) is 0. The first-order valence-electron chi connectivity index (χ1n) is 7.94. The smallest absolute Gasteiger partial charge is 0.179 e. The average molecular weight is 443 g/mol. The van der Waals surface area contributed by atoms with E-state index in [1.165, 1.54) is 17.1 Å². The molecule has 2 nitrogen and oxygen atoms in total. The van der Waals surface area contributed by atoms with E-state index in [1.54, 1.807) is 6.21 Å². The van der Waals surface area contributed by atoms with Crippen molar-refractivity contribution in [3.63, 3.8) is 0 Å². The predicted octanol–water partition coefficient (Wildman–Crippen LogP) is 7.75. The van der Waals surface area contributed by atoms with Crippen LogP contribution in [-0.2, 0) is 0 Å². The van der Waals surface area contributed by atoms with E-state index >= 15 is 0 Å². The molecule has 5 heteroatoms. The number of hydrogen-bond acceptors (Lipinski definition) is 3. The van der Waals surface area contributed by atoms with Crippen LogP contribution in [-0.4, -0.2) is 6.21 Å². The third-order valence-electron chi connectivity index (χ3n) is 3.80. The zero-order valence-corrected chi connectivity index (χ0v) is 16.7. The van der Waals surface area contributed by atoms with Gasteiger partial charge in [0.05, 0.1) is 16.4 Å². The summed E-state index contributed by atoms with van der Waals surface area (Å²) in [5.74, 6) is 0.696. The molecule has 0 atom stereocenters. The molecule has 4 rings (SSSR count). The van der Waals surface area contributed by atoms with Gasteiger partial charge in [-0.3, -0.25) is 4.99 Å². The molecule has 0 saturated heterocycles. The molecule has 0 fully saturated rings. The largest absolute Gasteiger partial charge is 0.447 e. The normalized spacial score (nSPS) is 11.5. The lowest BCUT2D eigenvalue weighted by Gasteiger charge is -2.00. The molecule has 0 aliphatic rings. The lowest BCUT2D eigenvalue weighted by atomic mass is 10.1. The average Bonchev–Trinajstić information content (AvgIpc) is 3.01. The standard InChI is InChI=1S/C21H13BrClNOS/c22-19-12-16(25-21(19)26-17-10-8-15(23)9-11-17)13-24-20-7-3-5-14-4-1-2-6-18(14)20/h1-13H. The van der Waals surface area contributed by atoms with Crippen LogP contribution in [0.2, 0.25) is 5.02 Å². The fourth-order valence-electron chi connectivity index (χ4n) is 2.57. The molecule has 0 N–H and O–H groups in total. The van der Waals surface area contributed by atoms with E-state index in [4.69, 9.17) is 16.0 Å². The summed E-state index contributed by atoms with van der Waals surface area (Å²) in [5, 5.41) is 3.79. The maximum absolute atomic E-state index is 5.93. The number of fused-ring (bicyclic) bond motifs is 1. The van der Waals surface area contributed by atoms with E-state index in [0.29, 0.717) is 5.76 Å². The Hall–Kier alpha value is -2.01. The van der Waals surface area contributed by atoms with Crippen molar-refractivity contribution in [1.82, 2.24) is 0 Å². The highest BCUT2D eigenvalue weighted by atomic mass is 79.9. The van der Waals surface area contributed by atoms with Gasteiger partial charge in [-0.05, 0) is 51.6 Å². The Morgan fingerprint density at radius 2 is 1.73 bits per heavy atom. The summed E-state index contributed by atoms with van der Waals surface area (Å²) < 4.78 is 6.82. The fourth-order valence-corrected chi connectivity index (χ4v) is 4.02. The van der Waals surface area contributed by atoms with E-state index < -0.39 is 0 Å². The Morgan fingerprint density at radius 1 is 0.962 bits per heavy atom. The zero-order valence-electron chi connectivity index (χ0n) is 13.5. The molecule has 0 amide bonds. The third-order valence-corrected chi connectivity index (χ3v) is 5.90. The Labute approximate surface area is 169 Å². The van der Waals surface area contributed by atoms with Crippen molar-refractivity contribution in [3.8, 4) is 0 Å². The number of halogens is 2. The van der Waals surface area contributed by atoms with Gasteiger partial charge in [0, 0.05) is 21.4 Å². The van der Waals surface area contributed by atoms with Gasteiger partial charge in [0.15, 0.2) is 5.09 Å². The summed E-state index contributed by atoms with van der Waals surface area (Å²) in [6.45, 7) is 0. The van der Waals surface area contributed by atoms with Crippen LogP contribution in [0, 0.1) is 0 Å². The Kier molecular flexibility index (Phi) is 5.16. The van der Waals surface area contributed by atoms with Crippen molar-refractivity contribution >= 4 is 62.0 Å². The summed E-state index contributed by atoms with van der Waals surface area (Å²) in [6.07, 6.45) is 1.75. The second kappa shape index (κ2) is 7.70. The molecule has 26 heavy (non-hydrogen) atoms. The molecule has 4 aromatic rings. The molecule has 0 aliphatic carbocycles. The Morgan fingerprint density at radius 3 is 2.58 bits per heavy atom. The molecule has 128 valence electrons. The van der Waals surface area contributed by atoms with Gasteiger partial charge in [-0.25, -0.2) is 0 Å². The molecule has 3 aromatic carbocycles. The quantitative estimate of drug-likeness (QED) is 0.302. The first kappa shape index (κ1) is 17.4. The van der Waals surface area contributed by atoms with Crippen LogP contribution in [0.4, 0.5) is 5.69 Å². The lowest BCUT2D eigenvalue weighted by Crippen LogP contribution is -1.77. The number of rotatable bonds is 4. The van der Waals surface area contributed by atoms with Crippen molar-refractivity contribution in [2.75, 3.05) is 0 Å². The molecular formula is C21H13BrClNOS. The SMILES string of the molecule is Clc1ccc(Sc2oc(C=Nc3cccc4ccccc34)cc2Br)cc1. The van der Waals surface area contributed by atoms with Gasteiger partial charge < -0.3 is 4.42 Å². The lowest BCUT2D eigenvalue weighted by molar-refractivity contribution is 0.466. The van der Waals surface area contributed by atoms with Crippen LogP contribution in [0.25, 0.3) is 10.8 Å². The van der Waals surface area contributed by atoms with Crippen molar-refractivity contribution in [3.05, 3.63) is 88.1 Å². The minimum atomic E-state index is 0.696. The third kappa shape index (κ3) is 3.88. The molecule has 0 bridgehead atoms. The van der Waals surface area contributed by atoms with Crippen LogP contribution < -0.4 is 0 Å². The molecule has 0 saturated carbocycles. The van der Waals surface area contributed by atoms with Crippen LogP contribution in [0.1, 0.15) is 5.76 Å². The summed E-state index contributed by atoms with van der Waals surface area (Å²) in [7, 11) is 0. The van der Waals surface area contributed by atoms with Gasteiger partial charge >= 0.3 is 0 Å². The minimum Gasteiger partial charge on any atom is -0.447 e. The zero-order chi connectivity index (χ0) is 17.9. The number of hydrogen-bond donors (Lipinski definition) is 0. The van der Waals surface area contributed by atoms with E-state index in [2.05, 4.69) is 39.1 Å². The highest BCUT2D eigenvalue weighted by Crippen LogP contribution is 2.36. The first-order chi connectivity index (χ1) is 12.7. The molecule has 0 aliphatic heterocycles. The second-order valence-corrected chi connectivity index (χ2v) is 7.93. The van der Waals surface area contributed by atoms with Crippen molar-refractivity contribution in [1.29, 1.82) is 0 Å². The maximum atomic E-state index is 5.93. The number of furan rings is 1. The van der Waals surface area contributed by atoms with E-state index in [1.807, 2.05) is 54.6 Å². The number of benzene rings is 3. The molecule has 0 spiro atoms. The van der Waals surface area contributed by atoms with Gasteiger partial charge in [-0.1, -0.05) is 59.8 Å². The topological polar surface area (TPSA) is 25.5 Å². The molecule has 0 unspecified atom stereocenters. The number of nitrogens with zero attached hydrogens (tertiary/aromatic N) is 1. The summed E-state index contributed by atoms with van der Waals surface area (Å²) in [5.41, 5.74) is 0.919. The van der Waals surface area contributed by atoms with E-state index in [-0.39, 0.29) is 0 Å². The van der Waals surface area contributed by atoms with Crippen LogP contribution >= 0.6 is 39.3 Å². The van der Waals surface area contributed by atoms with Crippen LogP contribution in [0.15, 0.2) is 96.7 Å². The second-order valence-electron chi connectivity index (χ2n) is 5.60. The van der Waals surface area contributed by atoms with Gasteiger partial charge in [-0.2, -0.15) is 0 Å².